The van der Waals surface area contributed by atoms with Crippen LogP contribution >= 0.6 is 0 Å². The maximum Gasteiger partial charge on any atom is 0.314 e. The Balaban J connectivity index is 3.22. The van der Waals surface area contributed by atoms with Crippen molar-refractivity contribution in [1.29, 1.82) is 0 Å². The number of hydroxylamine groups is 3. The molecule has 12 heavy (non-hydrogen) atoms. The maximum atomic E-state index is 9.63. The highest BCUT2D eigenvalue weighted by Gasteiger charge is 2.60. The van der Waals surface area contributed by atoms with Crippen molar-refractivity contribution in [2.75, 3.05) is 0 Å². The molecule has 0 aromatic rings. The standard InChI is InChI=1S/C8H17N2O2/c1-6-9(11)7(2,3)8(4,5)10(6)12/h11-12H,1-5H3/q+1. The van der Waals surface area contributed by atoms with Crippen molar-refractivity contribution in [3.8, 4) is 0 Å². The van der Waals surface area contributed by atoms with Crippen molar-refractivity contribution in [3.63, 3.8) is 0 Å². The molecule has 1 aliphatic heterocycles. The van der Waals surface area contributed by atoms with Crippen LogP contribution in [0.5, 0.6) is 0 Å². The average Bonchev–Trinajstić information content (AvgIpc) is 2.05. The molecule has 0 aliphatic carbocycles. The van der Waals surface area contributed by atoms with E-state index in [4.69, 9.17) is 0 Å². The summed E-state index contributed by atoms with van der Waals surface area (Å²) in [6, 6.07) is 0. The van der Waals surface area contributed by atoms with Crippen LogP contribution in [-0.2, 0) is 0 Å². The Hall–Kier alpha value is -0.770. The first kappa shape index (κ1) is 9.32. The van der Waals surface area contributed by atoms with E-state index in [-0.39, 0.29) is 0 Å². The second-order valence-corrected chi connectivity index (χ2v) is 4.29. The summed E-state index contributed by atoms with van der Waals surface area (Å²) in [6.45, 7) is 9.20. The number of nitrogens with zero attached hydrogens (tertiary/aromatic N) is 2. The predicted molar refractivity (Wildman–Crippen MR) is 44.5 cm³/mol. The summed E-state index contributed by atoms with van der Waals surface area (Å²) in [6.07, 6.45) is 0. The molecular formula is C8H17N2O2+. The van der Waals surface area contributed by atoms with Crippen LogP contribution in [0.25, 0.3) is 0 Å². The summed E-state index contributed by atoms with van der Waals surface area (Å²) in [5.41, 5.74) is -0.961. The van der Waals surface area contributed by atoms with E-state index in [1.54, 1.807) is 6.92 Å². The largest absolute Gasteiger partial charge is 0.354 e. The molecule has 2 N–H and O–H groups in total. The molecule has 0 spiro atoms. The number of hydrogen-bond acceptors (Lipinski definition) is 3. The molecule has 0 fully saturated rings. The third-order valence-electron chi connectivity index (χ3n) is 3.17. The van der Waals surface area contributed by atoms with Gasteiger partial charge in [0.05, 0.1) is 0 Å². The molecule has 0 radical (unpaired) electrons. The van der Waals surface area contributed by atoms with Gasteiger partial charge in [0, 0.05) is 6.92 Å². The molecular weight excluding hydrogens is 156 g/mol. The topological polar surface area (TPSA) is 46.7 Å². The lowest BCUT2D eigenvalue weighted by atomic mass is 9.84. The Morgan fingerprint density at radius 2 is 1.67 bits per heavy atom. The van der Waals surface area contributed by atoms with Gasteiger partial charge in [-0.25, -0.2) is 5.21 Å². The van der Waals surface area contributed by atoms with Crippen molar-refractivity contribution in [2.24, 2.45) is 0 Å². The van der Waals surface area contributed by atoms with E-state index in [1.165, 1.54) is 0 Å². The van der Waals surface area contributed by atoms with Gasteiger partial charge in [-0.2, -0.15) is 0 Å². The van der Waals surface area contributed by atoms with Crippen LogP contribution in [0.15, 0.2) is 0 Å². The molecule has 0 saturated heterocycles. The first-order chi connectivity index (χ1) is 5.23. The first-order valence-corrected chi connectivity index (χ1v) is 4.04. The van der Waals surface area contributed by atoms with Crippen LogP contribution < -0.4 is 0 Å². The van der Waals surface area contributed by atoms with Gasteiger partial charge < -0.3 is 5.21 Å². The predicted octanol–water partition coefficient (Wildman–Crippen LogP) is 1.07. The van der Waals surface area contributed by atoms with Gasteiger partial charge in [-0.05, 0) is 27.7 Å². The van der Waals surface area contributed by atoms with Crippen LogP contribution in [0.1, 0.15) is 34.6 Å². The summed E-state index contributed by atoms with van der Waals surface area (Å²) < 4.78 is 1.10. The van der Waals surface area contributed by atoms with E-state index in [1.807, 2.05) is 27.7 Å². The Labute approximate surface area is 72.6 Å². The van der Waals surface area contributed by atoms with Crippen molar-refractivity contribution in [3.05, 3.63) is 0 Å². The zero-order chi connectivity index (χ0) is 9.73. The summed E-state index contributed by atoms with van der Waals surface area (Å²) in [7, 11) is 0. The summed E-state index contributed by atoms with van der Waals surface area (Å²) >= 11 is 0. The quantitative estimate of drug-likeness (QED) is 0.425. The second kappa shape index (κ2) is 2.13. The fourth-order valence-corrected chi connectivity index (χ4v) is 1.42. The Morgan fingerprint density at radius 1 is 1.25 bits per heavy atom. The van der Waals surface area contributed by atoms with Crippen LogP contribution in [-0.4, -0.2) is 37.1 Å². The third kappa shape index (κ3) is 0.784. The van der Waals surface area contributed by atoms with Crippen molar-refractivity contribution < 1.29 is 15.2 Å². The zero-order valence-corrected chi connectivity index (χ0v) is 8.29. The molecule has 0 saturated carbocycles. The fourth-order valence-electron chi connectivity index (χ4n) is 1.42. The molecule has 1 rings (SSSR count). The molecule has 1 aliphatic rings. The SMILES string of the molecule is CC1=[N+](O)C(C)(C)C(C)(C)N1O. The molecule has 4 nitrogen and oxygen atoms in total. The Kier molecular flexibility index (Phi) is 1.65. The minimum atomic E-state index is -0.480. The summed E-state index contributed by atoms with van der Waals surface area (Å²) in [4.78, 5) is 0. The highest BCUT2D eigenvalue weighted by molar-refractivity contribution is 5.75. The van der Waals surface area contributed by atoms with Gasteiger partial charge in [-0.15, -0.1) is 5.06 Å². The normalized spacial score (nSPS) is 26.7. The van der Waals surface area contributed by atoms with Gasteiger partial charge in [0.15, 0.2) is 11.1 Å². The van der Waals surface area contributed by atoms with Crippen LogP contribution in [0.2, 0.25) is 0 Å². The van der Waals surface area contributed by atoms with Gasteiger partial charge in [0.2, 0.25) is 0 Å². The van der Waals surface area contributed by atoms with Gasteiger partial charge >= 0.3 is 5.84 Å². The van der Waals surface area contributed by atoms with Crippen molar-refractivity contribution >= 4 is 5.84 Å². The van der Waals surface area contributed by atoms with E-state index in [2.05, 4.69) is 0 Å². The number of amidine groups is 1. The smallest absolute Gasteiger partial charge is 0.314 e. The Bertz CT molecular complexity index is 243. The van der Waals surface area contributed by atoms with E-state index in [0.29, 0.717) is 5.84 Å². The van der Waals surface area contributed by atoms with Crippen molar-refractivity contribution in [1.82, 2.24) is 5.06 Å². The summed E-state index contributed by atoms with van der Waals surface area (Å²) in [5.74, 6) is 0.463. The minimum Gasteiger partial charge on any atom is -0.354 e. The van der Waals surface area contributed by atoms with Crippen molar-refractivity contribution in [2.45, 2.75) is 45.7 Å². The molecule has 0 aromatic carbocycles. The zero-order valence-electron chi connectivity index (χ0n) is 8.29. The molecule has 0 bridgehead atoms. The summed E-state index contributed by atoms with van der Waals surface area (Å²) in [5, 5.41) is 20.4. The maximum absolute atomic E-state index is 9.63. The van der Waals surface area contributed by atoms with Gasteiger partial charge in [0.25, 0.3) is 0 Å². The van der Waals surface area contributed by atoms with E-state index >= 15 is 0 Å². The van der Waals surface area contributed by atoms with E-state index < -0.39 is 11.1 Å². The van der Waals surface area contributed by atoms with E-state index in [9.17, 15) is 10.4 Å². The van der Waals surface area contributed by atoms with Crippen LogP contribution in [0.3, 0.4) is 0 Å². The highest BCUT2D eigenvalue weighted by Crippen LogP contribution is 2.34. The lowest BCUT2D eigenvalue weighted by molar-refractivity contribution is -0.820. The first-order valence-electron chi connectivity index (χ1n) is 4.04. The third-order valence-corrected chi connectivity index (χ3v) is 3.17. The van der Waals surface area contributed by atoms with Gasteiger partial charge in [0.1, 0.15) is 0 Å². The lowest BCUT2D eigenvalue weighted by Gasteiger charge is -2.29. The number of rotatable bonds is 0. The lowest BCUT2D eigenvalue weighted by Crippen LogP contribution is -2.53. The molecule has 1 heterocycles. The minimum absolute atomic E-state index is 0.463. The molecule has 4 heteroatoms. The molecule has 70 valence electrons. The monoisotopic (exact) mass is 173 g/mol. The highest BCUT2D eigenvalue weighted by atomic mass is 16.5. The molecule has 0 atom stereocenters. The molecule has 0 aromatic heterocycles. The van der Waals surface area contributed by atoms with Gasteiger partial charge in [-0.3, -0.25) is 0 Å². The van der Waals surface area contributed by atoms with Crippen LogP contribution in [0, 0.1) is 0 Å². The number of hydrogen-bond donors (Lipinski definition) is 2. The van der Waals surface area contributed by atoms with Gasteiger partial charge in [-0.1, -0.05) is 4.74 Å². The van der Waals surface area contributed by atoms with Crippen LogP contribution in [0.4, 0.5) is 0 Å². The average molecular weight is 173 g/mol. The fraction of sp³-hybridized carbons (Fsp3) is 0.875. The van der Waals surface area contributed by atoms with E-state index in [0.717, 1.165) is 9.80 Å². The molecule has 0 amide bonds. The Morgan fingerprint density at radius 3 is 1.75 bits per heavy atom. The second-order valence-electron chi connectivity index (χ2n) is 4.29. The molecule has 0 unspecified atom stereocenters.